The molecule has 0 bridgehead atoms. The van der Waals surface area contributed by atoms with Gasteiger partial charge in [-0.2, -0.15) is 0 Å². The molecule has 0 saturated carbocycles. The summed E-state index contributed by atoms with van der Waals surface area (Å²) in [6, 6.07) is 5.62. The number of nitrogens with one attached hydrogen (secondary N) is 1. The van der Waals surface area contributed by atoms with Gasteiger partial charge in [0.25, 0.3) is 0 Å². The lowest BCUT2D eigenvalue weighted by molar-refractivity contribution is -0.124. The van der Waals surface area contributed by atoms with Gasteiger partial charge < -0.3 is 20.7 Å². The van der Waals surface area contributed by atoms with E-state index in [0.29, 0.717) is 26.3 Å². The van der Waals surface area contributed by atoms with Crippen LogP contribution in [0.15, 0.2) is 18.2 Å². The zero-order chi connectivity index (χ0) is 14.5. The predicted octanol–water partition coefficient (Wildman–Crippen LogP) is 1.31. The molecule has 110 valence electrons. The first-order valence-corrected chi connectivity index (χ1v) is 7.11. The SMILES string of the molecule is CCCNC(=O)C1COCCN1c1ccc(N)c(C)c1. The van der Waals surface area contributed by atoms with Crippen LogP contribution in [-0.4, -0.2) is 38.3 Å². The number of anilines is 2. The van der Waals surface area contributed by atoms with Crippen LogP contribution in [0.5, 0.6) is 0 Å². The second-order valence-electron chi connectivity index (χ2n) is 5.12. The van der Waals surface area contributed by atoms with Crippen molar-refractivity contribution < 1.29 is 9.53 Å². The molecule has 1 unspecified atom stereocenters. The third kappa shape index (κ3) is 3.22. The number of benzene rings is 1. The van der Waals surface area contributed by atoms with E-state index < -0.39 is 0 Å². The molecule has 0 aromatic heterocycles. The Hall–Kier alpha value is -1.75. The molecule has 0 radical (unpaired) electrons. The molecule has 0 spiro atoms. The fourth-order valence-corrected chi connectivity index (χ4v) is 2.33. The summed E-state index contributed by atoms with van der Waals surface area (Å²) in [5.74, 6) is 0.0287. The number of nitrogen functional groups attached to an aromatic ring is 1. The molecule has 2 rings (SSSR count). The van der Waals surface area contributed by atoms with E-state index in [9.17, 15) is 4.79 Å². The summed E-state index contributed by atoms with van der Waals surface area (Å²) in [7, 11) is 0. The topological polar surface area (TPSA) is 67.6 Å². The van der Waals surface area contributed by atoms with Crippen LogP contribution < -0.4 is 16.0 Å². The van der Waals surface area contributed by atoms with Crippen LogP contribution in [-0.2, 0) is 9.53 Å². The lowest BCUT2D eigenvalue weighted by Crippen LogP contribution is -2.54. The molecule has 1 atom stereocenters. The normalized spacial score (nSPS) is 18.9. The molecule has 0 aliphatic carbocycles. The van der Waals surface area contributed by atoms with Crippen LogP contribution in [0.4, 0.5) is 11.4 Å². The minimum atomic E-state index is -0.265. The summed E-state index contributed by atoms with van der Waals surface area (Å²) in [4.78, 5) is 14.3. The first kappa shape index (κ1) is 14.7. The zero-order valence-corrected chi connectivity index (χ0v) is 12.2. The van der Waals surface area contributed by atoms with Crippen molar-refractivity contribution in [1.29, 1.82) is 0 Å². The summed E-state index contributed by atoms with van der Waals surface area (Å²) in [5, 5.41) is 2.94. The Labute approximate surface area is 120 Å². The Morgan fingerprint density at radius 3 is 3.05 bits per heavy atom. The smallest absolute Gasteiger partial charge is 0.245 e. The van der Waals surface area contributed by atoms with Gasteiger partial charge in [0.1, 0.15) is 6.04 Å². The number of morpholine rings is 1. The van der Waals surface area contributed by atoms with Gasteiger partial charge in [-0.1, -0.05) is 6.92 Å². The van der Waals surface area contributed by atoms with Crippen molar-refractivity contribution in [2.45, 2.75) is 26.3 Å². The maximum absolute atomic E-state index is 12.2. The third-order valence-corrected chi connectivity index (χ3v) is 3.57. The Morgan fingerprint density at radius 1 is 1.55 bits per heavy atom. The first-order chi connectivity index (χ1) is 9.63. The number of rotatable bonds is 4. The number of carbonyl (C=O) groups is 1. The molecule has 5 nitrogen and oxygen atoms in total. The van der Waals surface area contributed by atoms with E-state index in [2.05, 4.69) is 10.2 Å². The van der Waals surface area contributed by atoms with Crippen LogP contribution in [0.3, 0.4) is 0 Å². The molecule has 1 aliphatic heterocycles. The van der Waals surface area contributed by atoms with E-state index >= 15 is 0 Å². The Morgan fingerprint density at radius 2 is 2.35 bits per heavy atom. The van der Waals surface area contributed by atoms with Gasteiger partial charge in [-0.15, -0.1) is 0 Å². The van der Waals surface area contributed by atoms with Crippen LogP contribution in [0.2, 0.25) is 0 Å². The number of carbonyl (C=O) groups excluding carboxylic acids is 1. The number of aryl methyl sites for hydroxylation is 1. The minimum Gasteiger partial charge on any atom is -0.399 e. The van der Waals surface area contributed by atoms with E-state index in [1.54, 1.807) is 0 Å². The Bertz CT molecular complexity index is 476. The number of ether oxygens (including phenoxy) is 1. The molecule has 1 fully saturated rings. The number of amides is 1. The quantitative estimate of drug-likeness (QED) is 0.814. The van der Waals surface area contributed by atoms with Crippen LogP contribution >= 0.6 is 0 Å². The average molecular weight is 277 g/mol. The van der Waals surface area contributed by atoms with E-state index in [0.717, 1.165) is 23.4 Å². The predicted molar refractivity (Wildman–Crippen MR) is 80.8 cm³/mol. The summed E-state index contributed by atoms with van der Waals surface area (Å²) in [5.41, 5.74) is 8.68. The lowest BCUT2D eigenvalue weighted by Gasteiger charge is -2.36. The first-order valence-electron chi connectivity index (χ1n) is 7.11. The molecule has 1 aromatic carbocycles. The second-order valence-corrected chi connectivity index (χ2v) is 5.12. The second kappa shape index (κ2) is 6.61. The molecule has 1 aromatic rings. The van der Waals surface area contributed by atoms with Crippen molar-refractivity contribution in [1.82, 2.24) is 5.32 Å². The number of hydrogen-bond donors (Lipinski definition) is 2. The molecule has 20 heavy (non-hydrogen) atoms. The maximum atomic E-state index is 12.2. The summed E-state index contributed by atoms with van der Waals surface area (Å²) in [6.07, 6.45) is 0.931. The van der Waals surface area contributed by atoms with E-state index in [-0.39, 0.29) is 11.9 Å². The van der Waals surface area contributed by atoms with E-state index in [4.69, 9.17) is 10.5 Å². The molecule has 1 amide bonds. The largest absolute Gasteiger partial charge is 0.399 e. The molecular weight excluding hydrogens is 254 g/mol. The van der Waals surface area contributed by atoms with Crippen molar-refractivity contribution in [2.24, 2.45) is 0 Å². The number of hydrogen-bond acceptors (Lipinski definition) is 4. The highest BCUT2D eigenvalue weighted by atomic mass is 16.5. The van der Waals surface area contributed by atoms with Gasteiger partial charge in [0.15, 0.2) is 0 Å². The van der Waals surface area contributed by atoms with Crippen molar-refractivity contribution in [3.63, 3.8) is 0 Å². The highest BCUT2D eigenvalue weighted by molar-refractivity contribution is 5.85. The molecular formula is C15H23N3O2. The zero-order valence-electron chi connectivity index (χ0n) is 12.2. The fraction of sp³-hybridized carbons (Fsp3) is 0.533. The molecule has 1 saturated heterocycles. The van der Waals surface area contributed by atoms with Gasteiger partial charge in [0.2, 0.25) is 5.91 Å². The van der Waals surface area contributed by atoms with Crippen LogP contribution in [0.1, 0.15) is 18.9 Å². The summed E-state index contributed by atoms with van der Waals surface area (Å²) in [6.45, 7) is 6.50. The van der Waals surface area contributed by atoms with Gasteiger partial charge in [-0.05, 0) is 37.1 Å². The third-order valence-electron chi connectivity index (χ3n) is 3.57. The van der Waals surface area contributed by atoms with Gasteiger partial charge in [0.05, 0.1) is 13.2 Å². The van der Waals surface area contributed by atoms with Gasteiger partial charge in [0, 0.05) is 24.5 Å². The van der Waals surface area contributed by atoms with Crippen LogP contribution in [0, 0.1) is 6.92 Å². The minimum absolute atomic E-state index is 0.0287. The summed E-state index contributed by atoms with van der Waals surface area (Å²) < 4.78 is 5.46. The molecule has 1 heterocycles. The van der Waals surface area contributed by atoms with E-state index in [1.807, 2.05) is 32.0 Å². The van der Waals surface area contributed by atoms with Crippen molar-refractivity contribution in [2.75, 3.05) is 36.9 Å². The lowest BCUT2D eigenvalue weighted by atomic mass is 10.1. The maximum Gasteiger partial charge on any atom is 0.245 e. The fourth-order valence-electron chi connectivity index (χ4n) is 2.33. The Kier molecular flexibility index (Phi) is 4.84. The van der Waals surface area contributed by atoms with Crippen molar-refractivity contribution in [3.8, 4) is 0 Å². The number of nitrogens with zero attached hydrogens (tertiary/aromatic N) is 1. The van der Waals surface area contributed by atoms with Gasteiger partial charge in [-0.25, -0.2) is 0 Å². The van der Waals surface area contributed by atoms with Crippen LogP contribution in [0.25, 0.3) is 0 Å². The van der Waals surface area contributed by atoms with Gasteiger partial charge >= 0.3 is 0 Å². The molecule has 1 aliphatic rings. The monoisotopic (exact) mass is 277 g/mol. The molecule has 5 heteroatoms. The molecule has 3 N–H and O–H groups in total. The van der Waals surface area contributed by atoms with Crippen molar-refractivity contribution in [3.05, 3.63) is 23.8 Å². The average Bonchev–Trinajstić information content (AvgIpc) is 2.47. The van der Waals surface area contributed by atoms with Crippen molar-refractivity contribution >= 4 is 17.3 Å². The van der Waals surface area contributed by atoms with Gasteiger partial charge in [-0.3, -0.25) is 4.79 Å². The standard InChI is InChI=1S/C15H23N3O2/c1-3-6-17-15(19)14-10-20-8-7-18(14)12-4-5-13(16)11(2)9-12/h4-5,9,14H,3,6-8,10,16H2,1-2H3,(H,17,19). The number of nitrogens with two attached hydrogens (primary N) is 1. The Balaban J connectivity index is 2.17. The highest BCUT2D eigenvalue weighted by Crippen LogP contribution is 2.24. The highest BCUT2D eigenvalue weighted by Gasteiger charge is 2.29. The van der Waals surface area contributed by atoms with E-state index in [1.165, 1.54) is 0 Å². The summed E-state index contributed by atoms with van der Waals surface area (Å²) >= 11 is 0.